The fourth-order valence-corrected chi connectivity index (χ4v) is 1.62. The molecule has 0 saturated carbocycles. The van der Waals surface area contributed by atoms with E-state index in [1.807, 2.05) is 22.8 Å². The van der Waals surface area contributed by atoms with Gasteiger partial charge in [-0.15, -0.1) is 11.6 Å². The first-order valence-corrected chi connectivity index (χ1v) is 4.93. The standard InChI is InChI=1S/C10H11ClN2O/c1-14-8-2-3-10-9(6-8)12-7-13(10)5-4-11/h2-3,6-7H,4-5H2,1H3. The third-order valence-corrected chi connectivity index (χ3v) is 2.32. The van der Waals surface area contributed by atoms with E-state index in [2.05, 4.69) is 4.98 Å². The van der Waals surface area contributed by atoms with E-state index in [0.29, 0.717) is 5.88 Å². The van der Waals surface area contributed by atoms with Crippen LogP contribution in [0.4, 0.5) is 0 Å². The summed E-state index contributed by atoms with van der Waals surface area (Å²) >= 11 is 5.68. The number of aromatic nitrogens is 2. The molecule has 74 valence electrons. The first kappa shape index (κ1) is 9.34. The van der Waals surface area contributed by atoms with Gasteiger partial charge in [0.1, 0.15) is 5.75 Å². The van der Waals surface area contributed by atoms with Crippen molar-refractivity contribution in [3.8, 4) is 5.75 Å². The van der Waals surface area contributed by atoms with Crippen LogP contribution in [0.5, 0.6) is 5.75 Å². The van der Waals surface area contributed by atoms with Gasteiger partial charge in [-0.05, 0) is 12.1 Å². The maximum atomic E-state index is 5.68. The van der Waals surface area contributed by atoms with E-state index in [9.17, 15) is 0 Å². The van der Waals surface area contributed by atoms with Gasteiger partial charge in [-0.25, -0.2) is 4.98 Å². The van der Waals surface area contributed by atoms with Crippen molar-refractivity contribution in [3.63, 3.8) is 0 Å². The highest BCUT2D eigenvalue weighted by molar-refractivity contribution is 6.17. The highest BCUT2D eigenvalue weighted by Crippen LogP contribution is 2.19. The number of rotatable bonds is 3. The van der Waals surface area contributed by atoms with Crippen molar-refractivity contribution in [3.05, 3.63) is 24.5 Å². The molecule has 0 aliphatic rings. The van der Waals surface area contributed by atoms with E-state index >= 15 is 0 Å². The number of imidazole rings is 1. The van der Waals surface area contributed by atoms with Gasteiger partial charge in [-0.2, -0.15) is 0 Å². The predicted octanol–water partition coefficient (Wildman–Crippen LogP) is 2.28. The van der Waals surface area contributed by atoms with E-state index in [1.165, 1.54) is 0 Å². The zero-order valence-electron chi connectivity index (χ0n) is 7.90. The first-order valence-electron chi connectivity index (χ1n) is 4.40. The van der Waals surface area contributed by atoms with Gasteiger partial charge in [0.05, 0.1) is 24.5 Å². The molecule has 0 radical (unpaired) electrons. The monoisotopic (exact) mass is 210 g/mol. The van der Waals surface area contributed by atoms with Crippen molar-refractivity contribution >= 4 is 22.6 Å². The van der Waals surface area contributed by atoms with Gasteiger partial charge in [-0.1, -0.05) is 0 Å². The molecule has 1 aromatic carbocycles. The van der Waals surface area contributed by atoms with Crippen LogP contribution < -0.4 is 4.74 Å². The maximum Gasteiger partial charge on any atom is 0.121 e. The Kier molecular flexibility index (Phi) is 2.59. The molecular formula is C10H11ClN2O. The molecule has 0 unspecified atom stereocenters. The summed E-state index contributed by atoms with van der Waals surface area (Å²) in [5.74, 6) is 1.42. The molecule has 2 aromatic rings. The lowest BCUT2D eigenvalue weighted by Gasteiger charge is -2.01. The van der Waals surface area contributed by atoms with Crippen LogP contribution in [-0.2, 0) is 6.54 Å². The van der Waals surface area contributed by atoms with Crippen LogP contribution in [0, 0.1) is 0 Å². The summed E-state index contributed by atoms with van der Waals surface area (Å²) in [7, 11) is 1.65. The molecule has 0 N–H and O–H groups in total. The summed E-state index contributed by atoms with van der Waals surface area (Å²) in [6.07, 6.45) is 1.80. The summed E-state index contributed by atoms with van der Waals surface area (Å²) in [4.78, 5) is 4.27. The minimum atomic E-state index is 0.595. The zero-order valence-corrected chi connectivity index (χ0v) is 8.66. The van der Waals surface area contributed by atoms with Crippen molar-refractivity contribution in [2.24, 2.45) is 0 Å². The molecule has 0 atom stereocenters. The van der Waals surface area contributed by atoms with Gasteiger partial charge in [-0.3, -0.25) is 0 Å². The number of fused-ring (bicyclic) bond motifs is 1. The Morgan fingerprint density at radius 1 is 1.50 bits per heavy atom. The third kappa shape index (κ3) is 1.55. The van der Waals surface area contributed by atoms with Crippen LogP contribution in [0.1, 0.15) is 0 Å². The molecule has 0 saturated heterocycles. The van der Waals surface area contributed by atoms with Gasteiger partial charge < -0.3 is 9.30 Å². The topological polar surface area (TPSA) is 27.1 Å². The lowest BCUT2D eigenvalue weighted by atomic mass is 10.3. The second kappa shape index (κ2) is 3.88. The molecule has 0 aliphatic heterocycles. The maximum absolute atomic E-state index is 5.68. The van der Waals surface area contributed by atoms with Crippen molar-refractivity contribution < 1.29 is 4.74 Å². The summed E-state index contributed by atoms with van der Waals surface area (Å²) in [6, 6.07) is 5.84. The van der Waals surface area contributed by atoms with Gasteiger partial charge >= 0.3 is 0 Å². The predicted molar refractivity (Wildman–Crippen MR) is 57.0 cm³/mol. The Morgan fingerprint density at radius 3 is 3.07 bits per heavy atom. The number of methoxy groups -OCH3 is 1. The van der Waals surface area contributed by atoms with Crippen molar-refractivity contribution in [1.82, 2.24) is 9.55 Å². The van der Waals surface area contributed by atoms with Gasteiger partial charge in [0, 0.05) is 18.5 Å². The molecule has 0 aliphatic carbocycles. The lowest BCUT2D eigenvalue weighted by molar-refractivity contribution is 0.415. The molecule has 1 aromatic heterocycles. The number of halogens is 1. The van der Waals surface area contributed by atoms with Crippen LogP contribution in [-0.4, -0.2) is 22.5 Å². The Labute approximate surface area is 87.3 Å². The van der Waals surface area contributed by atoms with Crippen molar-refractivity contribution in [2.45, 2.75) is 6.54 Å². The van der Waals surface area contributed by atoms with Crippen LogP contribution in [0.3, 0.4) is 0 Å². The summed E-state index contributed by atoms with van der Waals surface area (Å²) < 4.78 is 7.15. The SMILES string of the molecule is COc1ccc2c(c1)ncn2CCCl. The second-order valence-electron chi connectivity index (χ2n) is 2.98. The Balaban J connectivity index is 2.48. The lowest BCUT2D eigenvalue weighted by Crippen LogP contribution is -1.96. The molecule has 2 rings (SSSR count). The molecule has 14 heavy (non-hydrogen) atoms. The van der Waals surface area contributed by atoms with Crippen molar-refractivity contribution in [2.75, 3.05) is 13.0 Å². The molecule has 0 bridgehead atoms. The van der Waals surface area contributed by atoms with E-state index < -0.39 is 0 Å². The molecule has 1 heterocycles. The molecule has 0 fully saturated rings. The highest BCUT2D eigenvalue weighted by Gasteiger charge is 2.02. The van der Waals surface area contributed by atoms with Gasteiger partial charge in [0.15, 0.2) is 0 Å². The summed E-state index contributed by atoms with van der Waals surface area (Å²) in [6.45, 7) is 0.782. The molecule has 0 amide bonds. The third-order valence-electron chi connectivity index (χ3n) is 2.15. The number of nitrogens with zero attached hydrogens (tertiary/aromatic N) is 2. The van der Waals surface area contributed by atoms with Crippen LogP contribution in [0.15, 0.2) is 24.5 Å². The van der Waals surface area contributed by atoms with E-state index in [4.69, 9.17) is 16.3 Å². The number of hydrogen-bond acceptors (Lipinski definition) is 2. The second-order valence-corrected chi connectivity index (χ2v) is 3.36. The van der Waals surface area contributed by atoms with Crippen LogP contribution in [0.25, 0.3) is 11.0 Å². The molecule has 3 nitrogen and oxygen atoms in total. The Bertz CT molecular complexity index is 439. The molecular weight excluding hydrogens is 200 g/mol. The minimum Gasteiger partial charge on any atom is -0.497 e. The largest absolute Gasteiger partial charge is 0.497 e. The van der Waals surface area contributed by atoms with E-state index in [0.717, 1.165) is 23.3 Å². The Morgan fingerprint density at radius 2 is 2.36 bits per heavy atom. The summed E-state index contributed by atoms with van der Waals surface area (Å²) in [5, 5.41) is 0. The molecule has 4 heteroatoms. The smallest absolute Gasteiger partial charge is 0.121 e. The van der Waals surface area contributed by atoms with Gasteiger partial charge in [0.25, 0.3) is 0 Å². The first-order chi connectivity index (χ1) is 6.85. The highest BCUT2D eigenvalue weighted by atomic mass is 35.5. The fourth-order valence-electron chi connectivity index (χ4n) is 1.44. The average molecular weight is 211 g/mol. The van der Waals surface area contributed by atoms with Crippen molar-refractivity contribution in [1.29, 1.82) is 0 Å². The summed E-state index contributed by atoms with van der Waals surface area (Å²) in [5.41, 5.74) is 2.03. The zero-order chi connectivity index (χ0) is 9.97. The Hall–Kier alpha value is -1.22. The van der Waals surface area contributed by atoms with Crippen LogP contribution in [0.2, 0.25) is 0 Å². The minimum absolute atomic E-state index is 0.595. The van der Waals surface area contributed by atoms with E-state index in [-0.39, 0.29) is 0 Å². The van der Waals surface area contributed by atoms with E-state index in [1.54, 1.807) is 13.4 Å². The fraction of sp³-hybridized carbons (Fsp3) is 0.300. The normalized spacial score (nSPS) is 10.7. The number of aryl methyl sites for hydroxylation is 1. The number of hydrogen-bond donors (Lipinski definition) is 0. The quantitative estimate of drug-likeness (QED) is 0.727. The number of ether oxygens (including phenoxy) is 1. The van der Waals surface area contributed by atoms with Gasteiger partial charge in [0.2, 0.25) is 0 Å². The number of alkyl halides is 1. The number of benzene rings is 1. The van der Waals surface area contributed by atoms with Crippen LogP contribution >= 0.6 is 11.6 Å². The molecule has 0 spiro atoms. The average Bonchev–Trinajstić information content (AvgIpc) is 2.61.